The van der Waals surface area contributed by atoms with Crippen molar-refractivity contribution in [3.8, 4) is 0 Å². The number of ether oxygens (including phenoxy) is 1. The van der Waals surface area contributed by atoms with Crippen LogP contribution in [0.1, 0.15) is 53.4 Å². The minimum absolute atomic E-state index is 0. The quantitative estimate of drug-likeness (QED) is 0.391. The molecule has 2 rings (SSSR count). The molecular weight excluding hydrogens is 419 g/mol. The number of halogens is 1. The number of hydrogen-bond acceptors (Lipinski definition) is 3. The first-order chi connectivity index (χ1) is 10.9. The van der Waals surface area contributed by atoms with Crippen molar-refractivity contribution in [2.75, 3.05) is 26.2 Å². The fraction of sp³-hybridized carbons (Fsp3) is 0.882. The molecule has 1 saturated carbocycles. The van der Waals surface area contributed by atoms with Crippen LogP contribution < -0.4 is 10.6 Å². The molecule has 1 aliphatic carbocycles. The van der Waals surface area contributed by atoms with E-state index in [1.54, 1.807) is 0 Å². The number of amides is 1. The molecule has 7 heteroatoms. The highest BCUT2D eigenvalue weighted by atomic mass is 127. The van der Waals surface area contributed by atoms with Gasteiger partial charge < -0.3 is 20.3 Å². The van der Waals surface area contributed by atoms with Gasteiger partial charge in [0.1, 0.15) is 5.60 Å². The summed E-state index contributed by atoms with van der Waals surface area (Å²) in [4.78, 5) is 18.6. The maximum absolute atomic E-state index is 12.1. The van der Waals surface area contributed by atoms with Crippen molar-refractivity contribution < 1.29 is 9.53 Å². The summed E-state index contributed by atoms with van der Waals surface area (Å²) in [6.07, 6.45) is 4.29. The summed E-state index contributed by atoms with van der Waals surface area (Å²) in [5, 5.41) is 6.74. The second-order valence-electron chi connectivity index (χ2n) is 7.55. The van der Waals surface area contributed by atoms with Gasteiger partial charge in [0.25, 0.3) is 0 Å². The van der Waals surface area contributed by atoms with Crippen LogP contribution in [0.5, 0.6) is 0 Å². The van der Waals surface area contributed by atoms with E-state index in [2.05, 4.69) is 17.6 Å². The highest BCUT2D eigenvalue weighted by molar-refractivity contribution is 14.0. The first-order valence-corrected chi connectivity index (χ1v) is 8.90. The first kappa shape index (κ1) is 21.3. The molecule has 0 aromatic carbocycles. The van der Waals surface area contributed by atoms with Crippen molar-refractivity contribution in [1.29, 1.82) is 0 Å². The topological polar surface area (TPSA) is 66.0 Å². The maximum Gasteiger partial charge on any atom is 0.410 e. The Morgan fingerprint density at radius 1 is 1.21 bits per heavy atom. The monoisotopic (exact) mass is 452 g/mol. The van der Waals surface area contributed by atoms with E-state index in [9.17, 15) is 4.79 Å². The molecule has 2 fully saturated rings. The number of aliphatic imine (C=N–C) groups is 1. The van der Waals surface area contributed by atoms with Gasteiger partial charge in [0, 0.05) is 32.2 Å². The zero-order valence-electron chi connectivity index (χ0n) is 15.4. The maximum atomic E-state index is 12.1. The Morgan fingerprint density at radius 2 is 1.83 bits per heavy atom. The summed E-state index contributed by atoms with van der Waals surface area (Å²) in [6.45, 7) is 11.0. The molecule has 140 valence electrons. The Morgan fingerprint density at radius 3 is 2.33 bits per heavy atom. The lowest BCUT2D eigenvalue weighted by molar-refractivity contribution is 0.0187. The van der Waals surface area contributed by atoms with Crippen molar-refractivity contribution in [2.24, 2.45) is 10.9 Å². The Bertz CT molecular complexity index is 425. The molecule has 6 nitrogen and oxygen atoms in total. The molecule has 0 aromatic rings. The van der Waals surface area contributed by atoms with Crippen molar-refractivity contribution in [3.05, 3.63) is 0 Å². The van der Waals surface area contributed by atoms with Gasteiger partial charge in [0.15, 0.2) is 5.96 Å². The first-order valence-electron chi connectivity index (χ1n) is 8.90. The van der Waals surface area contributed by atoms with Crippen molar-refractivity contribution in [2.45, 2.75) is 65.0 Å². The number of piperidine rings is 1. The molecule has 0 aromatic heterocycles. The fourth-order valence-corrected chi connectivity index (χ4v) is 2.59. The van der Waals surface area contributed by atoms with Crippen LogP contribution in [0.3, 0.4) is 0 Å². The minimum Gasteiger partial charge on any atom is -0.444 e. The zero-order valence-corrected chi connectivity index (χ0v) is 17.8. The molecule has 0 bridgehead atoms. The average molecular weight is 452 g/mol. The minimum atomic E-state index is -0.423. The predicted octanol–water partition coefficient (Wildman–Crippen LogP) is 2.97. The lowest BCUT2D eigenvalue weighted by Crippen LogP contribution is -2.42. The lowest BCUT2D eigenvalue weighted by atomic mass is 9.97. The molecule has 2 N–H and O–H groups in total. The normalized spacial score (nSPS) is 19.5. The molecule has 0 atom stereocenters. The Labute approximate surface area is 163 Å². The highest BCUT2D eigenvalue weighted by Crippen LogP contribution is 2.21. The van der Waals surface area contributed by atoms with Gasteiger partial charge in [-0.2, -0.15) is 0 Å². The van der Waals surface area contributed by atoms with Gasteiger partial charge >= 0.3 is 6.09 Å². The number of nitrogens with one attached hydrogen (secondary N) is 2. The van der Waals surface area contributed by atoms with Gasteiger partial charge in [-0.25, -0.2) is 4.79 Å². The fourth-order valence-electron chi connectivity index (χ4n) is 2.59. The molecule has 2 aliphatic rings. The van der Waals surface area contributed by atoms with Gasteiger partial charge in [-0.15, -0.1) is 24.0 Å². The SMILES string of the molecule is CCNC(=NCC1CCN(C(=O)OC(C)(C)C)CC1)NC1CC1.I. The summed E-state index contributed by atoms with van der Waals surface area (Å²) in [6, 6.07) is 0.613. The van der Waals surface area contributed by atoms with Crippen LogP contribution in [-0.4, -0.2) is 54.8 Å². The van der Waals surface area contributed by atoms with Crippen LogP contribution in [0.2, 0.25) is 0 Å². The van der Waals surface area contributed by atoms with Crippen LogP contribution in [0.15, 0.2) is 4.99 Å². The third kappa shape index (κ3) is 7.90. The van der Waals surface area contributed by atoms with E-state index in [-0.39, 0.29) is 30.1 Å². The van der Waals surface area contributed by atoms with Gasteiger partial charge in [0.05, 0.1) is 0 Å². The number of hydrogen-bond donors (Lipinski definition) is 2. The molecule has 0 spiro atoms. The molecule has 1 heterocycles. The molecule has 24 heavy (non-hydrogen) atoms. The summed E-state index contributed by atoms with van der Waals surface area (Å²) < 4.78 is 5.43. The summed E-state index contributed by atoms with van der Waals surface area (Å²) in [5.74, 6) is 1.48. The zero-order chi connectivity index (χ0) is 16.9. The lowest BCUT2D eigenvalue weighted by Gasteiger charge is -2.33. The third-order valence-electron chi connectivity index (χ3n) is 4.04. The number of carbonyl (C=O) groups is 1. The highest BCUT2D eigenvalue weighted by Gasteiger charge is 2.27. The number of likely N-dealkylation sites (tertiary alicyclic amines) is 1. The van der Waals surface area contributed by atoms with Crippen LogP contribution in [0, 0.1) is 5.92 Å². The molecule has 1 saturated heterocycles. The molecular formula is C17H33IN4O2. The molecule has 1 amide bonds. The molecule has 1 aliphatic heterocycles. The summed E-state index contributed by atoms with van der Waals surface area (Å²) in [7, 11) is 0. The van der Waals surface area contributed by atoms with E-state index in [1.165, 1.54) is 12.8 Å². The number of rotatable bonds is 4. The largest absolute Gasteiger partial charge is 0.444 e. The number of guanidine groups is 1. The smallest absolute Gasteiger partial charge is 0.410 e. The van der Waals surface area contributed by atoms with E-state index in [1.807, 2.05) is 25.7 Å². The molecule has 0 unspecified atom stereocenters. The van der Waals surface area contributed by atoms with E-state index in [0.29, 0.717) is 12.0 Å². The van der Waals surface area contributed by atoms with Gasteiger partial charge in [-0.05, 0) is 59.3 Å². The number of carbonyl (C=O) groups excluding carboxylic acids is 1. The number of nitrogens with zero attached hydrogens (tertiary/aromatic N) is 2. The second kappa shape index (κ2) is 9.68. The predicted molar refractivity (Wildman–Crippen MR) is 108 cm³/mol. The summed E-state index contributed by atoms with van der Waals surface area (Å²) in [5.41, 5.74) is -0.423. The van der Waals surface area contributed by atoms with Crippen LogP contribution in [0.4, 0.5) is 4.79 Å². The van der Waals surface area contributed by atoms with Gasteiger partial charge in [-0.3, -0.25) is 4.99 Å². The summed E-state index contributed by atoms with van der Waals surface area (Å²) >= 11 is 0. The Balaban J connectivity index is 0.00000288. The van der Waals surface area contributed by atoms with Gasteiger partial charge in [0.2, 0.25) is 0 Å². The molecule has 0 radical (unpaired) electrons. The van der Waals surface area contributed by atoms with Crippen LogP contribution >= 0.6 is 24.0 Å². The van der Waals surface area contributed by atoms with Gasteiger partial charge in [-0.1, -0.05) is 0 Å². The second-order valence-corrected chi connectivity index (χ2v) is 7.55. The van der Waals surface area contributed by atoms with E-state index < -0.39 is 5.60 Å². The standard InChI is InChI=1S/C17H32N4O2.HI/c1-5-18-15(20-14-6-7-14)19-12-13-8-10-21(11-9-13)16(22)23-17(2,3)4;/h13-14H,5-12H2,1-4H3,(H2,18,19,20);1H. The van der Waals surface area contributed by atoms with Crippen LogP contribution in [0.25, 0.3) is 0 Å². The van der Waals surface area contributed by atoms with Crippen molar-refractivity contribution >= 4 is 36.0 Å². The Kier molecular flexibility index (Phi) is 8.59. The van der Waals surface area contributed by atoms with E-state index in [0.717, 1.165) is 45.0 Å². The van der Waals surface area contributed by atoms with Crippen LogP contribution in [-0.2, 0) is 4.74 Å². The average Bonchev–Trinajstić information content (AvgIpc) is 3.28. The van der Waals surface area contributed by atoms with Crippen molar-refractivity contribution in [1.82, 2.24) is 15.5 Å². The van der Waals surface area contributed by atoms with Crippen molar-refractivity contribution in [3.63, 3.8) is 0 Å². The van der Waals surface area contributed by atoms with E-state index >= 15 is 0 Å². The van der Waals surface area contributed by atoms with E-state index in [4.69, 9.17) is 9.73 Å². The third-order valence-corrected chi connectivity index (χ3v) is 4.04. The Hall–Kier alpha value is -0.730.